The van der Waals surface area contributed by atoms with Crippen molar-refractivity contribution in [2.24, 2.45) is 0 Å². The highest BCUT2D eigenvalue weighted by molar-refractivity contribution is 5.93. The molecule has 0 atom stereocenters. The van der Waals surface area contributed by atoms with Crippen molar-refractivity contribution in [1.82, 2.24) is 40.4 Å². The SMILES string of the molecule is O=C(NC1CC1)c1ccn(C2CN(C(c3ccccc3)c3ccccc3)C2)n1.O=C(NC1CC1)c1ccn(C2CNC2)n1. The van der Waals surface area contributed by atoms with Gasteiger partial charge in [-0.1, -0.05) is 60.7 Å². The van der Waals surface area contributed by atoms with Gasteiger partial charge in [0.15, 0.2) is 0 Å². The zero-order valence-electron chi connectivity index (χ0n) is 24.2. The van der Waals surface area contributed by atoms with Crippen LogP contribution in [0.15, 0.2) is 85.2 Å². The maximum Gasteiger partial charge on any atom is 0.271 e. The molecule has 0 bridgehead atoms. The van der Waals surface area contributed by atoms with Crippen molar-refractivity contribution >= 4 is 11.8 Å². The summed E-state index contributed by atoms with van der Waals surface area (Å²) in [6, 6.07) is 26.6. The van der Waals surface area contributed by atoms with Gasteiger partial charge >= 0.3 is 0 Å². The van der Waals surface area contributed by atoms with E-state index in [0.29, 0.717) is 35.6 Å². The number of carbonyl (C=O) groups is 2. The maximum atomic E-state index is 12.2. The second-order valence-electron chi connectivity index (χ2n) is 12.0. The minimum atomic E-state index is -0.0520. The Kier molecular flexibility index (Phi) is 7.78. The van der Waals surface area contributed by atoms with E-state index in [1.54, 1.807) is 6.07 Å². The van der Waals surface area contributed by atoms with Crippen molar-refractivity contribution in [1.29, 1.82) is 0 Å². The monoisotopic (exact) mass is 578 g/mol. The maximum absolute atomic E-state index is 12.2. The molecule has 0 radical (unpaired) electrons. The predicted molar refractivity (Wildman–Crippen MR) is 163 cm³/mol. The topological polar surface area (TPSA) is 109 Å². The first kappa shape index (κ1) is 27.5. The molecule has 43 heavy (non-hydrogen) atoms. The largest absolute Gasteiger partial charge is 0.348 e. The quantitative estimate of drug-likeness (QED) is 0.281. The molecule has 2 amide bonds. The van der Waals surface area contributed by atoms with Crippen LogP contribution in [0.1, 0.15) is 75.9 Å². The van der Waals surface area contributed by atoms with Gasteiger partial charge in [-0.25, -0.2) is 0 Å². The normalized spacial score (nSPS) is 18.7. The molecule has 3 N–H and O–H groups in total. The average Bonchev–Trinajstić information content (AvgIpc) is 3.88. The van der Waals surface area contributed by atoms with Crippen LogP contribution in [0.2, 0.25) is 0 Å². The molecule has 8 rings (SSSR count). The molecule has 10 heteroatoms. The van der Waals surface area contributed by atoms with E-state index in [-0.39, 0.29) is 17.9 Å². The number of nitrogens with zero attached hydrogens (tertiary/aromatic N) is 5. The summed E-state index contributed by atoms with van der Waals surface area (Å²) in [6.45, 7) is 3.73. The summed E-state index contributed by atoms with van der Waals surface area (Å²) in [7, 11) is 0. The standard InChI is InChI=1S/C23H24N4O.C10H14N4O/c28-23(24-19-11-12-19)21-13-14-27(25-21)20-15-26(16-20)22(17-7-3-1-4-8-17)18-9-5-2-6-10-18;15-10(12-7-1-2-7)9-3-4-14(13-9)8-5-11-6-8/h1-10,13-14,19-20,22H,11-12,15-16H2,(H,24,28);3-4,7-8,11H,1-2,5-6H2,(H,12,15). The van der Waals surface area contributed by atoms with Crippen molar-refractivity contribution in [3.8, 4) is 0 Å². The minimum absolute atomic E-state index is 0.0384. The van der Waals surface area contributed by atoms with Crippen molar-refractivity contribution in [3.63, 3.8) is 0 Å². The van der Waals surface area contributed by atoms with E-state index < -0.39 is 0 Å². The van der Waals surface area contributed by atoms with E-state index in [0.717, 1.165) is 51.9 Å². The van der Waals surface area contributed by atoms with Gasteiger partial charge in [0.1, 0.15) is 11.4 Å². The Morgan fingerprint density at radius 2 is 1.14 bits per heavy atom. The smallest absolute Gasteiger partial charge is 0.271 e. The van der Waals surface area contributed by atoms with Gasteiger partial charge in [0.25, 0.3) is 11.8 Å². The molecule has 4 fully saturated rings. The third kappa shape index (κ3) is 6.55. The van der Waals surface area contributed by atoms with Crippen LogP contribution in [0, 0.1) is 0 Å². The highest BCUT2D eigenvalue weighted by atomic mass is 16.2. The lowest BCUT2D eigenvalue weighted by Gasteiger charge is -2.44. The Balaban J connectivity index is 0.000000168. The van der Waals surface area contributed by atoms with E-state index in [1.165, 1.54) is 11.1 Å². The number of aromatic nitrogens is 4. The van der Waals surface area contributed by atoms with Crippen LogP contribution in [0.25, 0.3) is 0 Å². The number of likely N-dealkylation sites (tertiary alicyclic amines) is 1. The molecule has 4 aromatic rings. The van der Waals surface area contributed by atoms with Gasteiger partial charge in [-0.15, -0.1) is 0 Å². The van der Waals surface area contributed by atoms with Crippen LogP contribution in [-0.4, -0.2) is 74.5 Å². The molecule has 0 unspecified atom stereocenters. The number of hydrogen-bond acceptors (Lipinski definition) is 6. The number of rotatable bonds is 9. The predicted octanol–water partition coefficient (Wildman–Crippen LogP) is 3.34. The van der Waals surface area contributed by atoms with Gasteiger partial charge in [0, 0.05) is 50.7 Å². The lowest BCUT2D eigenvalue weighted by Crippen LogP contribution is -2.49. The van der Waals surface area contributed by atoms with Gasteiger partial charge in [-0.05, 0) is 48.9 Å². The molecule has 4 aliphatic rings. The Labute approximate surface area is 251 Å². The third-order valence-electron chi connectivity index (χ3n) is 8.50. The third-order valence-corrected chi connectivity index (χ3v) is 8.50. The van der Waals surface area contributed by atoms with Gasteiger partial charge in [-0.2, -0.15) is 10.2 Å². The summed E-state index contributed by atoms with van der Waals surface area (Å²) in [5.41, 5.74) is 3.66. The van der Waals surface area contributed by atoms with Crippen LogP contribution in [0.3, 0.4) is 0 Å². The second-order valence-corrected chi connectivity index (χ2v) is 12.0. The highest BCUT2D eigenvalue weighted by Crippen LogP contribution is 2.35. The molecule has 10 nitrogen and oxygen atoms in total. The van der Waals surface area contributed by atoms with E-state index >= 15 is 0 Å². The Hall–Kier alpha value is -4.28. The minimum Gasteiger partial charge on any atom is -0.348 e. The first-order chi connectivity index (χ1) is 21.1. The molecule has 4 heterocycles. The zero-order chi connectivity index (χ0) is 29.2. The molecular formula is C33H38N8O2. The average molecular weight is 579 g/mol. The van der Waals surface area contributed by atoms with Gasteiger partial charge in [0.2, 0.25) is 0 Å². The van der Waals surface area contributed by atoms with E-state index in [1.807, 2.05) is 27.8 Å². The van der Waals surface area contributed by atoms with Crippen molar-refractivity contribution in [3.05, 3.63) is 108 Å². The van der Waals surface area contributed by atoms with E-state index in [2.05, 4.69) is 91.7 Å². The fourth-order valence-electron chi connectivity index (χ4n) is 5.51. The van der Waals surface area contributed by atoms with Crippen molar-refractivity contribution in [2.45, 2.75) is 55.9 Å². The Bertz CT molecular complexity index is 1490. The molecule has 2 aromatic heterocycles. The van der Waals surface area contributed by atoms with Gasteiger partial charge in [-0.3, -0.25) is 23.9 Å². The summed E-state index contributed by atoms with van der Waals surface area (Å²) in [5, 5.41) is 17.9. The number of nitrogens with one attached hydrogen (secondary N) is 3. The molecule has 2 aromatic carbocycles. The second kappa shape index (κ2) is 12.1. The highest BCUT2D eigenvalue weighted by Gasteiger charge is 2.36. The molecule has 2 saturated carbocycles. The fourth-order valence-corrected chi connectivity index (χ4v) is 5.51. The molecule has 0 spiro atoms. The van der Waals surface area contributed by atoms with Crippen LogP contribution in [-0.2, 0) is 0 Å². The van der Waals surface area contributed by atoms with Gasteiger partial charge in [0.05, 0.1) is 18.1 Å². The van der Waals surface area contributed by atoms with Crippen LogP contribution >= 0.6 is 0 Å². The number of amides is 2. The summed E-state index contributed by atoms with van der Waals surface area (Å²) >= 11 is 0. The summed E-state index contributed by atoms with van der Waals surface area (Å²) in [5.74, 6) is -0.0904. The van der Waals surface area contributed by atoms with Crippen LogP contribution in [0.5, 0.6) is 0 Å². The lowest BCUT2D eigenvalue weighted by atomic mass is 9.93. The molecular weight excluding hydrogens is 540 g/mol. The summed E-state index contributed by atoms with van der Waals surface area (Å²) in [6.07, 6.45) is 8.21. The number of carbonyl (C=O) groups excluding carboxylic acids is 2. The first-order valence-electron chi connectivity index (χ1n) is 15.4. The molecule has 2 aliphatic heterocycles. The van der Waals surface area contributed by atoms with Crippen LogP contribution in [0.4, 0.5) is 0 Å². The van der Waals surface area contributed by atoms with Crippen molar-refractivity contribution in [2.75, 3.05) is 26.2 Å². The molecule has 2 saturated heterocycles. The fraction of sp³-hybridized carbons (Fsp3) is 0.394. The van der Waals surface area contributed by atoms with Crippen LogP contribution < -0.4 is 16.0 Å². The molecule has 2 aliphatic carbocycles. The number of benzene rings is 2. The number of hydrogen-bond donors (Lipinski definition) is 3. The van der Waals surface area contributed by atoms with E-state index in [4.69, 9.17) is 0 Å². The van der Waals surface area contributed by atoms with Crippen molar-refractivity contribution < 1.29 is 9.59 Å². The Morgan fingerprint density at radius 3 is 1.56 bits per heavy atom. The Morgan fingerprint density at radius 1 is 0.674 bits per heavy atom. The zero-order valence-corrected chi connectivity index (χ0v) is 24.2. The summed E-state index contributed by atoms with van der Waals surface area (Å²) in [4.78, 5) is 26.3. The summed E-state index contributed by atoms with van der Waals surface area (Å²) < 4.78 is 3.82. The lowest BCUT2D eigenvalue weighted by molar-refractivity contribution is 0.0676. The van der Waals surface area contributed by atoms with E-state index in [9.17, 15) is 9.59 Å². The molecule has 222 valence electrons. The first-order valence-corrected chi connectivity index (χ1v) is 15.4. The van der Waals surface area contributed by atoms with Gasteiger partial charge < -0.3 is 16.0 Å².